The monoisotopic (exact) mass is 271 g/mol. The number of hydrogen-bond donors (Lipinski definition) is 1. The molecule has 98 valence electrons. The highest BCUT2D eigenvalue weighted by Gasteiger charge is 2.21. The normalized spacial score (nSPS) is 23.7. The van der Waals surface area contributed by atoms with E-state index in [4.69, 9.17) is 16.3 Å². The van der Waals surface area contributed by atoms with Crippen LogP contribution < -0.4 is 5.32 Å². The van der Waals surface area contributed by atoms with Crippen molar-refractivity contribution >= 4 is 23.1 Å². The summed E-state index contributed by atoms with van der Waals surface area (Å²) in [5.41, 5.74) is -0.106. The third-order valence-electron chi connectivity index (χ3n) is 2.86. The minimum Gasteiger partial charge on any atom is -0.378 e. The minimum absolute atomic E-state index is 0.106. The van der Waals surface area contributed by atoms with Gasteiger partial charge >= 0.3 is 0 Å². The molecule has 1 aromatic heterocycles. The topological polar surface area (TPSA) is 77.3 Å². The van der Waals surface area contributed by atoms with E-state index < -0.39 is 4.92 Å². The lowest BCUT2D eigenvalue weighted by Gasteiger charge is -2.28. The summed E-state index contributed by atoms with van der Waals surface area (Å²) in [7, 11) is 0. The van der Waals surface area contributed by atoms with E-state index in [0.717, 1.165) is 12.8 Å². The van der Waals surface area contributed by atoms with Gasteiger partial charge in [-0.05, 0) is 19.8 Å². The Morgan fingerprint density at radius 2 is 2.44 bits per heavy atom. The number of ether oxygens (including phenoxy) is 1. The summed E-state index contributed by atoms with van der Waals surface area (Å²) in [6.45, 7) is 2.71. The minimum atomic E-state index is -0.515. The first-order chi connectivity index (χ1) is 8.56. The van der Waals surface area contributed by atoms with Crippen molar-refractivity contribution in [3.63, 3.8) is 0 Å². The quantitative estimate of drug-likeness (QED) is 0.675. The fourth-order valence-electron chi connectivity index (χ4n) is 1.96. The summed E-state index contributed by atoms with van der Waals surface area (Å²) in [5.74, 6) is 0.487. The molecule has 0 spiro atoms. The van der Waals surface area contributed by atoms with Gasteiger partial charge < -0.3 is 10.1 Å². The Bertz CT molecular complexity index is 455. The van der Waals surface area contributed by atoms with E-state index in [0.29, 0.717) is 12.4 Å². The maximum absolute atomic E-state index is 10.6. The van der Waals surface area contributed by atoms with Crippen molar-refractivity contribution in [3.05, 3.63) is 27.4 Å². The molecule has 1 saturated heterocycles. The standard InChI is InChI=1S/C11H14ClN3O3/c1-7-4-8(2-3-18-7)14-11-10(12)5-9(6-13-11)15(16)17/h5-8H,2-4H2,1H3,(H,13,14). The highest BCUT2D eigenvalue weighted by atomic mass is 35.5. The van der Waals surface area contributed by atoms with Crippen molar-refractivity contribution in [1.29, 1.82) is 0 Å². The van der Waals surface area contributed by atoms with Crippen LogP contribution in [0, 0.1) is 10.1 Å². The van der Waals surface area contributed by atoms with Gasteiger partial charge in [-0.1, -0.05) is 11.6 Å². The Hall–Kier alpha value is -1.40. The van der Waals surface area contributed by atoms with Crippen LogP contribution in [-0.4, -0.2) is 28.7 Å². The molecular formula is C11H14ClN3O3. The molecule has 6 nitrogen and oxygen atoms in total. The van der Waals surface area contributed by atoms with Gasteiger partial charge in [-0.3, -0.25) is 10.1 Å². The van der Waals surface area contributed by atoms with Gasteiger partial charge in [0.15, 0.2) is 0 Å². The van der Waals surface area contributed by atoms with Crippen LogP contribution in [-0.2, 0) is 4.74 Å². The largest absolute Gasteiger partial charge is 0.378 e. The first kappa shape index (κ1) is 13.0. The highest BCUT2D eigenvalue weighted by Crippen LogP contribution is 2.26. The molecule has 2 heterocycles. The number of aromatic nitrogens is 1. The van der Waals surface area contributed by atoms with Gasteiger partial charge in [-0.15, -0.1) is 0 Å². The second-order valence-corrected chi connectivity index (χ2v) is 4.74. The molecular weight excluding hydrogens is 258 g/mol. The van der Waals surface area contributed by atoms with Gasteiger partial charge in [0.25, 0.3) is 5.69 Å². The van der Waals surface area contributed by atoms with Gasteiger partial charge in [0.1, 0.15) is 12.0 Å². The van der Waals surface area contributed by atoms with Crippen molar-refractivity contribution in [2.75, 3.05) is 11.9 Å². The second-order valence-electron chi connectivity index (χ2n) is 4.33. The van der Waals surface area contributed by atoms with E-state index in [1.165, 1.54) is 12.3 Å². The molecule has 2 unspecified atom stereocenters. The molecule has 1 aliphatic rings. The Labute approximate surface area is 109 Å². The lowest BCUT2D eigenvalue weighted by atomic mass is 10.0. The predicted molar refractivity (Wildman–Crippen MR) is 68.0 cm³/mol. The average Bonchev–Trinajstić information content (AvgIpc) is 2.31. The van der Waals surface area contributed by atoms with Crippen LogP contribution in [0.25, 0.3) is 0 Å². The average molecular weight is 272 g/mol. The first-order valence-corrected chi connectivity index (χ1v) is 6.12. The molecule has 0 amide bonds. The van der Waals surface area contributed by atoms with Crippen molar-refractivity contribution in [1.82, 2.24) is 4.98 Å². The molecule has 1 fully saturated rings. The molecule has 0 radical (unpaired) electrons. The number of hydrogen-bond acceptors (Lipinski definition) is 5. The van der Waals surface area contributed by atoms with Gasteiger partial charge in [-0.2, -0.15) is 0 Å². The Morgan fingerprint density at radius 3 is 3.06 bits per heavy atom. The number of halogens is 1. The van der Waals surface area contributed by atoms with Crippen molar-refractivity contribution < 1.29 is 9.66 Å². The van der Waals surface area contributed by atoms with Gasteiger partial charge in [0.05, 0.1) is 16.0 Å². The maximum Gasteiger partial charge on any atom is 0.289 e. The van der Waals surface area contributed by atoms with Crippen LogP contribution in [0.4, 0.5) is 11.5 Å². The second kappa shape index (κ2) is 5.49. The Kier molecular flexibility index (Phi) is 3.98. The molecule has 2 rings (SSSR count). The molecule has 0 bridgehead atoms. The first-order valence-electron chi connectivity index (χ1n) is 5.74. The molecule has 18 heavy (non-hydrogen) atoms. The number of nitrogens with one attached hydrogen (secondary N) is 1. The SMILES string of the molecule is CC1CC(Nc2ncc([N+](=O)[O-])cc2Cl)CCO1. The zero-order valence-electron chi connectivity index (χ0n) is 9.93. The fraction of sp³-hybridized carbons (Fsp3) is 0.545. The van der Waals surface area contributed by atoms with Crippen LogP contribution in [0.2, 0.25) is 5.02 Å². The summed E-state index contributed by atoms with van der Waals surface area (Å²) in [6, 6.07) is 1.54. The molecule has 2 atom stereocenters. The number of anilines is 1. The van der Waals surface area contributed by atoms with Crippen molar-refractivity contribution in [2.45, 2.75) is 31.9 Å². The van der Waals surface area contributed by atoms with E-state index in [1.54, 1.807) is 0 Å². The molecule has 1 aliphatic heterocycles. The molecule has 7 heteroatoms. The van der Waals surface area contributed by atoms with Crippen molar-refractivity contribution in [3.8, 4) is 0 Å². The van der Waals surface area contributed by atoms with Crippen LogP contribution in [0.15, 0.2) is 12.3 Å². The van der Waals surface area contributed by atoms with E-state index in [1.807, 2.05) is 6.92 Å². The summed E-state index contributed by atoms with van der Waals surface area (Å²) in [6.07, 6.45) is 3.15. The Morgan fingerprint density at radius 1 is 1.67 bits per heavy atom. The van der Waals surface area contributed by atoms with Crippen molar-refractivity contribution in [2.24, 2.45) is 0 Å². The molecule has 0 saturated carbocycles. The molecule has 0 aromatic carbocycles. The number of pyridine rings is 1. The van der Waals surface area contributed by atoms with Crippen LogP contribution in [0.5, 0.6) is 0 Å². The van der Waals surface area contributed by atoms with E-state index in [-0.39, 0.29) is 22.9 Å². The Balaban J connectivity index is 2.07. The fourth-order valence-corrected chi connectivity index (χ4v) is 2.17. The van der Waals surface area contributed by atoms with E-state index in [2.05, 4.69) is 10.3 Å². The van der Waals surface area contributed by atoms with Gasteiger partial charge in [-0.25, -0.2) is 4.98 Å². The van der Waals surface area contributed by atoms with E-state index >= 15 is 0 Å². The highest BCUT2D eigenvalue weighted by molar-refractivity contribution is 6.33. The summed E-state index contributed by atoms with van der Waals surface area (Å²) >= 11 is 5.97. The lowest BCUT2D eigenvalue weighted by molar-refractivity contribution is -0.385. The smallest absolute Gasteiger partial charge is 0.289 e. The zero-order chi connectivity index (χ0) is 13.1. The lowest BCUT2D eigenvalue weighted by Crippen LogP contribution is -2.32. The molecule has 0 aliphatic carbocycles. The maximum atomic E-state index is 10.6. The van der Waals surface area contributed by atoms with Gasteiger partial charge in [0, 0.05) is 18.7 Å². The third-order valence-corrected chi connectivity index (χ3v) is 3.15. The summed E-state index contributed by atoms with van der Waals surface area (Å²) in [4.78, 5) is 14.0. The summed E-state index contributed by atoms with van der Waals surface area (Å²) < 4.78 is 5.44. The van der Waals surface area contributed by atoms with Gasteiger partial charge in [0.2, 0.25) is 0 Å². The molecule has 1 N–H and O–H groups in total. The van der Waals surface area contributed by atoms with E-state index in [9.17, 15) is 10.1 Å². The van der Waals surface area contributed by atoms with Crippen LogP contribution in [0.1, 0.15) is 19.8 Å². The number of nitro groups is 1. The number of rotatable bonds is 3. The zero-order valence-corrected chi connectivity index (χ0v) is 10.7. The predicted octanol–water partition coefficient (Wildman–Crippen LogP) is 2.62. The third kappa shape index (κ3) is 3.08. The molecule has 1 aromatic rings. The summed E-state index contributed by atoms with van der Waals surface area (Å²) in [5, 5.41) is 14.0. The van der Waals surface area contributed by atoms with Crippen LogP contribution in [0.3, 0.4) is 0 Å². The number of nitrogens with zero attached hydrogens (tertiary/aromatic N) is 2. The van der Waals surface area contributed by atoms with Crippen LogP contribution >= 0.6 is 11.6 Å².